The third-order valence-corrected chi connectivity index (χ3v) is 2.76. The number of aromatic nitrogens is 1. The van der Waals surface area contributed by atoms with Crippen LogP contribution in [0.3, 0.4) is 0 Å². The van der Waals surface area contributed by atoms with Gasteiger partial charge < -0.3 is 4.98 Å². The lowest BCUT2D eigenvalue weighted by atomic mass is 9.98. The minimum Gasteiger partial charge on any atom is -0.358 e. The third kappa shape index (κ3) is 1.33. The van der Waals surface area contributed by atoms with Crippen molar-refractivity contribution in [2.75, 3.05) is 0 Å². The van der Waals surface area contributed by atoms with Crippen molar-refractivity contribution in [3.05, 3.63) is 35.5 Å². The summed E-state index contributed by atoms with van der Waals surface area (Å²) in [7, 11) is 0. The van der Waals surface area contributed by atoms with E-state index >= 15 is 0 Å². The SMILES string of the molecule is CCc1[nH]c2ccccc2c1C(C)C.[HH]. The molecule has 0 unspecified atom stereocenters. The summed E-state index contributed by atoms with van der Waals surface area (Å²) in [6.45, 7) is 6.72. The predicted molar refractivity (Wildman–Crippen MR) is 63.9 cm³/mol. The molecule has 1 heterocycles. The van der Waals surface area contributed by atoms with Gasteiger partial charge in [0.2, 0.25) is 0 Å². The van der Waals surface area contributed by atoms with Gasteiger partial charge in [-0.3, -0.25) is 0 Å². The van der Waals surface area contributed by atoms with Crippen molar-refractivity contribution in [2.24, 2.45) is 0 Å². The molecule has 0 saturated carbocycles. The second-order valence-electron chi connectivity index (χ2n) is 4.07. The molecule has 1 aromatic heterocycles. The largest absolute Gasteiger partial charge is 0.358 e. The molecule has 0 aliphatic carbocycles. The van der Waals surface area contributed by atoms with Crippen LogP contribution in [0.5, 0.6) is 0 Å². The highest BCUT2D eigenvalue weighted by molar-refractivity contribution is 5.85. The zero-order valence-corrected chi connectivity index (χ0v) is 9.09. The van der Waals surface area contributed by atoms with E-state index in [2.05, 4.69) is 50.0 Å². The fourth-order valence-electron chi connectivity index (χ4n) is 2.16. The molecule has 1 N–H and O–H groups in total. The maximum atomic E-state index is 3.50. The number of para-hydroxylation sites is 1. The number of aryl methyl sites for hydroxylation is 1. The van der Waals surface area contributed by atoms with Crippen LogP contribution >= 0.6 is 0 Å². The number of hydrogen-bond acceptors (Lipinski definition) is 0. The Balaban J connectivity index is 0.00000112. The average molecular weight is 189 g/mol. The van der Waals surface area contributed by atoms with Crippen molar-refractivity contribution in [3.8, 4) is 0 Å². The predicted octanol–water partition coefficient (Wildman–Crippen LogP) is 4.10. The van der Waals surface area contributed by atoms with Crippen molar-refractivity contribution in [2.45, 2.75) is 33.1 Å². The van der Waals surface area contributed by atoms with Gasteiger partial charge in [0.25, 0.3) is 0 Å². The summed E-state index contributed by atoms with van der Waals surface area (Å²) in [6, 6.07) is 8.56. The lowest BCUT2D eigenvalue weighted by Gasteiger charge is -2.05. The second kappa shape index (κ2) is 3.49. The third-order valence-electron chi connectivity index (χ3n) is 2.76. The maximum Gasteiger partial charge on any atom is 0.0459 e. The molecule has 0 fully saturated rings. The van der Waals surface area contributed by atoms with Gasteiger partial charge in [0.05, 0.1) is 0 Å². The number of aromatic amines is 1. The minimum atomic E-state index is 0. The van der Waals surface area contributed by atoms with Gasteiger partial charge in [0.1, 0.15) is 0 Å². The summed E-state index contributed by atoms with van der Waals surface area (Å²) in [5, 5.41) is 1.39. The van der Waals surface area contributed by atoms with Gasteiger partial charge in [-0.2, -0.15) is 0 Å². The van der Waals surface area contributed by atoms with Crippen LogP contribution in [0.25, 0.3) is 10.9 Å². The van der Waals surface area contributed by atoms with Crippen LogP contribution in [0.4, 0.5) is 0 Å². The lowest BCUT2D eigenvalue weighted by Crippen LogP contribution is -1.91. The van der Waals surface area contributed by atoms with Gasteiger partial charge in [-0.25, -0.2) is 0 Å². The Labute approximate surface area is 86.6 Å². The zero-order valence-electron chi connectivity index (χ0n) is 9.09. The highest BCUT2D eigenvalue weighted by atomic mass is 14.7. The summed E-state index contributed by atoms with van der Waals surface area (Å²) < 4.78 is 0. The fourth-order valence-corrected chi connectivity index (χ4v) is 2.16. The number of hydrogen-bond donors (Lipinski definition) is 1. The molecule has 0 aliphatic heterocycles. The highest BCUT2D eigenvalue weighted by Crippen LogP contribution is 2.29. The Morgan fingerprint density at radius 3 is 2.64 bits per heavy atom. The van der Waals surface area contributed by atoms with Crippen molar-refractivity contribution < 1.29 is 1.43 Å². The molecule has 1 nitrogen and oxygen atoms in total. The molecular weight excluding hydrogens is 170 g/mol. The molecule has 0 spiro atoms. The quantitative estimate of drug-likeness (QED) is 0.732. The molecular formula is C13H19N. The topological polar surface area (TPSA) is 15.8 Å². The number of nitrogens with one attached hydrogen (secondary N) is 1. The van der Waals surface area contributed by atoms with Crippen LogP contribution < -0.4 is 0 Å². The van der Waals surface area contributed by atoms with Crippen molar-refractivity contribution in [1.82, 2.24) is 4.98 Å². The van der Waals surface area contributed by atoms with E-state index in [9.17, 15) is 0 Å². The number of H-pyrrole nitrogens is 1. The van der Waals surface area contributed by atoms with Crippen LogP contribution in [-0.4, -0.2) is 4.98 Å². The Bertz CT molecular complexity index is 443. The van der Waals surface area contributed by atoms with Crippen LogP contribution in [0.15, 0.2) is 24.3 Å². The first-order valence-electron chi connectivity index (χ1n) is 5.33. The van der Waals surface area contributed by atoms with Gasteiger partial charge in [-0.1, -0.05) is 39.0 Å². The minimum absolute atomic E-state index is 0. The fraction of sp³-hybridized carbons (Fsp3) is 0.385. The van der Waals surface area contributed by atoms with E-state index < -0.39 is 0 Å². The summed E-state index contributed by atoms with van der Waals surface area (Å²) in [6.07, 6.45) is 1.09. The molecule has 14 heavy (non-hydrogen) atoms. The van der Waals surface area contributed by atoms with Gasteiger partial charge in [0, 0.05) is 18.0 Å². The van der Waals surface area contributed by atoms with Crippen LogP contribution in [0.1, 0.15) is 39.4 Å². The Morgan fingerprint density at radius 2 is 2.00 bits per heavy atom. The summed E-state index contributed by atoms with van der Waals surface area (Å²) in [5.41, 5.74) is 4.15. The van der Waals surface area contributed by atoms with E-state index in [1.807, 2.05) is 0 Å². The standard InChI is InChI=1S/C13H17N.H2/c1-4-11-13(9(2)3)10-7-5-6-8-12(10)14-11;/h5-9,14H,4H2,1-3H3;1H. The summed E-state index contributed by atoms with van der Waals surface area (Å²) in [5.74, 6) is 0.598. The van der Waals surface area contributed by atoms with Gasteiger partial charge in [0.15, 0.2) is 0 Å². The van der Waals surface area contributed by atoms with Crippen molar-refractivity contribution in [1.29, 1.82) is 0 Å². The van der Waals surface area contributed by atoms with Crippen molar-refractivity contribution in [3.63, 3.8) is 0 Å². The van der Waals surface area contributed by atoms with E-state index in [4.69, 9.17) is 0 Å². The van der Waals surface area contributed by atoms with Crippen molar-refractivity contribution >= 4 is 10.9 Å². The Hall–Kier alpha value is -1.24. The molecule has 76 valence electrons. The molecule has 2 aromatic rings. The molecule has 0 amide bonds. The van der Waals surface area contributed by atoms with Crippen LogP contribution in [0.2, 0.25) is 0 Å². The second-order valence-corrected chi connectivity index (χ2v) is 4.07. The monoisotopic (exact) mass is 189 g/mol. The average Bonchev–Trinajstić information content (AvgIpc) is 2.55. The van der Waals surface area contributed by atoms with E-state index in [1.54, 1.807) is 0 Å². The normalized spacial score (nSPS) is 11.4. The molecule has 0 aliphatic rings. The number of benzene rings is 1. The van der Waals surface area contributed by atoms with Crippen LogP contribution in [0, 0.1) is 0 Å². The molecule has 0 atom stereocenters. The number of fused-ring (bicyclic) bond motifs is 1. The molecule has 1 aromatic carbocycles. The smallest absolute Gasteiger partial charge is 0.0459 e. The van der Waals surface area contributed by atoms with Gasteiger partial charge in [-0.05, 0) is 24.0 Å². The van der Waals surface area contributed by atoms with E-state index in [1.165, 1.54) is 22.2 Å². The first-order chi connectivity index (χ1) is 6.74. The molecule has 2 rings (SSSR count). The Morgan fingerprint density at radius 1 is 1.29 bits per heavy atom. The van der Waals surface area contributed by atoms with E-state index in [-0.39, 0.29) is 1.43 Å². The van der Waals surface area contributed by atoms with E-state index in [0.29, 0.717) is 5.92 Å². The summed E-state index contributed by atoms with van der Waals surface area (Å²) in [4.78, 5) is 3.50. The first-order valence-corrected chi connectivity index (χ1v) is 5.33. The van der Waals surface area contributed by atoms with E-state index in [0.717, 1.165) is 6.42 Å². The van der Waals surface area contributed by atoms with Gasteiger partial charge in [-0.15, -0.1) is 0 Å². The Kier molecular flexibility index (Phi) is 2.32. The highest BCUT2D eigenvalue weighted by Gasteiger charge is 2.11. The molecule has 1 heteroatoms. The lowest BCUT2D eigenvalue weighted by molar-refractivity contribution is 0.848. The number of rotatable bonds is 2. The first kappa shape index (κ1) is 9.32. The maximum absolute atomic E-state index is 3.50. The van der Waals surface area contributed by atoms with Gasteiger partial charge >= 0.3 is 0 Å². The zero-order chi connectivity index (χ0) is 10.1. The molecule has 0 bridgehead atoms. The molecule has 0 radical (unpaired) electrons. The molecule has 0 saturated heterocycles. The summed E-state index contributed by atoms with van der Waals surface area (Å²) >= 11 is 0. The van der Waals surface area contributed by atoms with Crippen LogP contribution in [-0.2, 0) is 6.42 Å².